The zero-order chi connectivity index (χ0) is 15.9. The molecule has 1 aromatic carbocycles. The molecule has 0 bridgehead atoms. The van der Waals surface area contributed by atoms with Crippen molar-refractivity contribution in [2.45, 2.75) is 25.9 Å². The first-order valence-electron chi connectivity index (χ1n) is 6.70. The molecule has 0 aliphatic carbocycles. The number of sulfone groups is 1. The van der Waals surface area contributed by atoms with E-state index >= 15 is 0 Å². The van der Waals surface area contributed by atoms with Gasteiger partial charge in [-0.15, -0.1) is 24.0 Å². The molecule has 8 heteroatoms. The van der Waals surface area contributed by atoms with Crippen molar-refractivity contribution in [3.63, 3.8) is 0 Å². The Morgan fingerprint density at radius 1 is 1.36 bits per heavy atom. The van der Waals surface area contributed by atoms with Crippen LogP contribution in [0.1, 0.15) is 18.9 Å². The van der Waals surface area contributed by atoms with E-state index in [0.717, 1.165) is 0 Å². The van der Waals surface area contributed by atoms with Crippen molar-refractivity contribution in [3.8, 4) is 0 Å². The van der Waals surface area contributed by atoms with Gasteiger partial charge in [0.1, 0.15) is 15.7 Å². The summed E-state index contributed by atoms with van der Waals surface area (Å²) in [6, 6.07) is 6.46. The molecule has 0 heterocycles. The van der Waals surface area contributed by atoms with Crippen molar-refractivity contribution in [3.05, 3.63) is 35.6 Å². The summed E-state index contributed by atoms with van der Waals surface area (Å²) in [5.74, 6) is 0.357. The van der Waals surface area contributed by atoms with E-state index in [0.29, 0.717) is 24.5 Å². The van der Waals surface area contributed by atoms with Gasteiger partial charge in [-0.1, -0.05) is 18.2 Å². The Balaban J connectivity index is 0.00000441. The first-order chi connectivity index (χ1) is 9.81. The fourth-order valence-electron chi connectivity index (χ4n) is 1.71. The van der Waals surface area contributed by atoms with Gasteiger partial charge in [-0.3, -0.25) is 4.99 Å². The molecule has 1 atom stereocenters. The first kappa shape index (κ1) is 21.1. The minimum absolute atomic E-state index is 0. The second-order valence-corrected chi connectivity index (χ2v) is 7.24. The van der Waals surface area contributed by atoms with Crippen molar-refractivity contribution in [1.29, 1.82) is 0 Å². The number of aliphatic imine (C=N–C) groups is 1. The molecule has 1 aromatic rings. The van der Waals surface area contributed by atoms with E-state index in [-0.39, 0.29) is 41.6 Å². The number of nitrogens with one attached hydrogen (secondary N) is 2. The number of benzene rings is 1. The molecule has 0 radical (unpaired) electrons. The van der Waals surface area contributed by atoms with Crippen LogP contribution in [0.25, 0.3) is 0 Å². The van der Waals surface area contributed by atoms with Crippen LogP contribution in [0.15, 0.2) is 29.3 Å². The highest BCUT2D eigenvalue weighted by atomic mass is 127. The van der Waals surface area contributed by atoms with E-state index < -0.39 is 9.84 Å². The summed E-state index contributed by atoms with van der Waals surface area (Å²) in [4.78, 5) is 4.04. The largest absolute Gasteiger partial charge is 0.354 e. The summed E-state index contributed by atoms with van der Waals surface area (Å²) in [5, 5.41) is 6.08. The first-order valence-corrected chi connectivity index (χ1v) is 8.76. The Bertz CT molecular complexity index is 594. The number of nitrogens with zero attached hydrogens (tertiary/aromatic N) is 1. The van der Waals surface area contributed by atoms with Crippen LogP contribution in [0.5, 0.6) is 0 Å². The molecule has 0 saturated carbocycles. The smallest absolute Gasteiger partial charge is 0.191 e. The maximum absolute atomic E-state index is 13.5. The lowest BCUT2D eigenvalue weighted by molar-refractivity contribution is 0.578. The fourth-order valence-corrected chi connectivity index (χ4v) is 2.49. The highest BCUT2D eigenvalue weighted by Gasteiger charge is 2.10. The second-order valence-electron chi connectivity index (χ2n) is 4.98. The molecular weight excluding hydrogens is 420 g/mol. The quantitative estimate of drug-likeness (QED) is 0.401. The zero-order valence-electron chi connectivity index (χ0n) is 13.0. The SMILES string of the molecule is CN=C(NCc1ccccc1F)NC(C)CCS(C)(=O)=O.I. The minimum Gasteiger partial charge on any atom is -0.354 e. The number of guanidine groups is 1. The van der Waals surface area contributed by atoms with E-state index in [4.69, 9.17) is 0 Å². The fraction of sp³-hybridized carbons (Fsp3) is 0.500. The van der Waals surface area contributed by atoms with Gasteiger partial charge in [0.15, 0.2) is 5.96 Å². The van der Waals surface area contributed by atoms with Crippen LogP contribution in [-0.4, -0.2) is 39.5 Å². The molecule has 0 fully saturated rings. The van der Waals surface area contributed by atoms with Crippen molar-refractivity contribution >= 4 is 39.8 Å². The van der Waals surface area contributed by atoms with Crippen LogP contribution in [0, 0.1) is 5.82 Å². The third-order valence-electron chi connectivity index (χ3n) is 2.93. The van der Waals surface area contributed by atoms with Gasteiger partial charge in [0.25, 0.3) is 0 Å². The molecule has 0 aromatic heterocycles. The topological polar surface area (TPSA) is 70.6 Å². The van der Waals surface area contributed by atoms with Gasteiger partial charge in [-0.25, -0.2) is 12.8 Å². The Morgan fingerprint density at radius 2 is 2.00 bits per heavy atom. The van der Waals surface area contributed by atoms with Gasteiger partial charge in [0.05, 0.1) is 5.75 Å². The molecule has 22 heavy (non-hydrogen) atoms. The molecule has 1 unspecified atom stereocenters. The van der Waals surface area contributed by atoms with Crippen LogP contribution in [0.2, 0.25) is 0 Å². The van der Waals surface area contributed by atoms with E-state index in [2.05, 4.69) is 15.6 Å². The Hall–Kier alpha value is -0.900. The highest BCUT2D eigenvalue weighted by Crippen LogP contribution is 2.05. The minimum atomic E-state index is -2.97. The van der Waals surface area contributed by atoms with Gasteiger partial charge in [-0.2, -0.15) is 0 Å². The van der Waals surface area contributed by atoms with Gasteiger partial charge >= 0.3 is 0 Å². The number of halogens is 2. The monoisotopic (exact) mass is 443 g/mol. The van der Waals surface area contributed by atoms with E-state index in [9.17, 15) is 12.8 Å². The van der Waals surface area contributed by atoms with E-state index in [1.54, 1.807) is 25.2 Å². The van der Waals surface area contributed by atoms with Crippen molar-refractivity contribution < 1.29 is 12.8 Å². The third-order valence-corrected chi connectivity index (χ3v) is 3.91. The summed E-state index contributed by atoms with van der Waals surface area (Å²) >= 11 is 0. The average molecular weight is 443 g/mol. The lowest BCUT2D eigenvalue weighted by atomic mass is 10.2. The lowest BCUT2D eigenvalue weighted by Crippen LogP contribution is -2.42. The third kappa shape index (κ3) is 8.52. The molecule has 0 saturated heterocycles. The van der Waals surface area contributed by atoms with Gasteiger partial charge in [0.2, 0.25) is 0 Å². The number of rotatable bonds is 6. The molecule has 0 spiro atoms. The maximum Gasteiger partial charge on any atom is 0.191 e. The molecule has 0 amide bonds. The summed E-state index contributed by atoms with van der Waals surface area (Å²) in [7, 11) is -1.36. The Morgan fingerprint density at radius 3 is 2.55 bits per heavy atom. The number of hydrogen-bond acceptors (Lipinski definition) is 3. The number of hydrogen-bond donors (Lipinski definition) is 2. The highest BCUT2D eigenvalue weighted by molar-refractivity contribution is 14.0. The van der Waals surface area contributed by atoms with Crippen LogP contribution in [0.3, 0.4) is 0 Å². The second kappa shape index (κ2) is 9.98. The van der Waals surface area contributed by atoms with E-state index in [1.807, 2.05) is 6.92 Å². The summed E-state index contributed by atoms with van der Waals surface area (Å²) in [6.07, 6.45) is 1.70. The molecule has 5 nitrogen and oxygen atoms in total. The summed E-state index contributed by atoms with van der Waals surface area (Å²) in [5.41, 5.74) is 0.546. The predicted octanol–water partition coefficient (Wildman–Crippen LogP) is 1.93. The predicted molar refractivity (Wildman–Crippen MR) is 98.9 cm³/mol. The molecule has 1 rings (SSSR count). The summed E-state index contributed by atoms with van der Waals surface area (Å²) < 4.78 is 35.7. The van der Waals surface area contributed by atoms with Crippen LogP contribution in [0.4, 0.5) is 4.39 Å². The van der Waals surface area contributed by atoms with E-state index in [1.165, 1.54) is 12.3 Å². The zero-order valence-corrected chi connectivity index (χ0v) is 16.1. The Kier molecular flexibility index (Phi) is 9.58. The van der Waals surface area contributed by atoms with Crippen LogP contribution in [-0.2, 0) is 16.4 Å². The molecule has 2 N–H and O–H groups in total. The Labute approximate surface area is 148 Å². The van der Waals surface area contributed by atoms with Gasteiger partial charge < -0.3 is 10.6 Å². The van der Waals surface area contributed by atoms with Crippen molar-refractivity contribution in [2.75, 3.05) is 19.1 Å². The van der Waals surface area contributed by atoms with Crippen molar-refractivity contribution in [1.82, 2.24) is 10.6 Å². The maximum atomic E-state index is 13.5. The lowest BCUT2D eigenvalue weighted by Gasteiger charge is -2.17. The van der Waals surface area contributed by atoms with Gasteiger partial charge in [0, 0.05) is 31.5 Å². The summed E-state index contributed by atoms with van der Waals surface area (Å²) in [6.45, 7) is 2.19. The molecular formula is C14H23FIN3O2S. The van der Waals surface area contributed by atoms with Crippen LogP contribution < -0.4 is 10.6 Å². The van der Waals surface area contributed by atoms with Gasteiger partial charge in [-0.05, 0) is 19.4 Å². The molecule has 0 aliphatic rings. The molecule has 126 valence electrons. The average Bonchev–Trinajstić information content (AvgIpc) is 2.42. The molecule has 0 aliphatic heterocycles. The normalized spacial score (nSPS) is 13.2. The van der Waals surface area contributed by atoms with Crippen LogP contribution >= 0.6 is 24.0 Å². The standard InChI is InChI=1S/C14H22FN3O2S.HI/c1-11(8-9-21(3,19)20)18-14(16-2)17-10-12-6-4-5-7-13(12)15;/h4-7,11H,8-10H2,1-3H3,(H2,16,17,18);1H. The van der Waals surface area contributed by atoms with Crippen molar-refractivity contribution in [2.24, 2.45) is 4.99 Å².